The monoisotopic (exact) mass is 466 g/mol. The minimum absolute atomic E-state index is 0.0580. The molecule has 1 aliphatic heterocycles. The summed E-state index contributed by atoms with van der Waals surface area (Å²) >= 11 is 1.54. The molecule has 0 saturated carbocycles. The fraction of sp³-hybridized carbons (Fsp3) is 0.444. The second kappa shape index (κ2) is 10.8. The maximum Gasteiger partial charge on any atom is 0.230 e. The Morgan fingerprint density at radius 1 is 1.30 bits per heavy atom. The number of hydrogen-bond acceptors (Lipinski definition) is 5. The molecule has 2 aliphatic rings. The lowest BCUT2D eigenvalue weighted by Gasteiger charge is -2.44. The molecule has 0 bridgehead atoms. The third-order valence-electron chi connectivity index (χ3n) is 6.82. The van der Waals surface area contributed by atoms with Gasteiger partial charge in [0.2, 0.25) is 5.91 Å². The van der Waals surface area contributed by atoms with Crippen molar-refractivity contribution >= 4 is 23.7 Å². The van der Waals surface area contributed by atoms with E-state index in [1.807, 2.05) is 18.4 Å². The average molecular weight is 467 g/mol. The number of carbonyl (C=O) groups excluding carboxylic acids is 1. The van der Waals surface area contributed by atoms with E-state index in [0.717, 1.165) is 38.2 Å². The summed E-state index contributed by atoms with van der Waals surface area (Å²) < 4.78 is 11.9. The molecular weight excluding hydrogens is 432 g/mol. The van der Waals surface area contributed by atoms with E-state index >= 15 is 0 Å². The number of nitrogens with zero attached hydrogens (tertiary/aromatic N) is 1. The van der Waals surface area contributed by atoms with Crippen LogP contribution in [-0.2, 0) is 14.9 Å². The summed E-state index contributed by atoms with van der Waals surface area (Å²) in [6.07, 6.45) is 9.47. The lowest BCUT2D eigenvalue weighted by Crippen LogP contribution is -2.51. The van der Waals surface area contributed by atoms with E-state index in [0.29, 0.717) is 12.4 Å². The first-order chi connectivity index (χ1) is 16.1. The molecule has 1 spiro atoms. The van der Waals surface area contributed by atoms with Crippen molar-refractivity contribution in [3.63, 3.8) is 0 Å². The number of amides is 1. The van der Waals surface area contributed by atoms with Gasteiger partial charge in [-0.3, -0.25) is 9.69 Å². The van der Waals surface area contributed by atoms with Crippen LogP contribution < -0.4 is 5.32 Å². The van der Waals surface area contributed by atoms with E-state index in [-0.39, 0.29) is 23.5 Å². The van der Waals surface area contributed by atoms with Gasteiger partial charge >= 0.3 is 0 Å². The van der Waals surface area contributed by atoms with E-state index in [4.69, 9.17) is 9.15 Å². The van der Waals surface area contributed by atoms with Crippen LogP contribution in [0.15, 0.2) is 65.3 Å². The van der Waals surface area contributed by atoms with Crippen LogP contribution in [0.3, 0.4) is 0 Å². The summed E-state index contributed by atoms with van der Waals surface area (Å²) in [6, 6.07) is 12.3. The van der Waals surface area contributed by atoms with Crippen LogP contribution in [0.25, 0.3) is 6.08 Å². The Hall–Kier alpha value is -2.28. The van der Waals surface area contributed by atoms with Crippen LogP contribution in [0.5, 0.6) is 0 Å². The van der Waals surface area contributed by atoms with Crippen LogP contribution in [0.1, 0.15) is 42.7 Å². The molecule has 1 saturated heterocycles. The van der Waals surface area contributed by atoms with Crippen molar-refractivity contribution in [3.8, 4) is 0 Å². The normalized spacial score (nSPS) is 22.3. The van der Waals surface area contributed by atoms with Crippen LogP contribution in [-0.4, -0.2) is 55.2 Å². The number of furan rings is 1. The molecule has 6 heteroatoms. The fourth-order valence-electron chi connectivity index (χ4n) is 5.46. The van der Waals surface area contributed by atoms with E-state index in [1.54, 1.807) is 12.3 Å². The van der Waals surface area contributed by atoms with Crippen LogP contribution >= 0.6 is 11.8 Å². The zero-order valence-electron chi connectivity index (χ0n) is 19.6. The Bertz CT molecular complexity index is 977. The topological polar surface area (TPSA) is 54.7 Å². The molecule has 2 atom stereocenters. The summed E-state index contributed by atoms with van der Waals surface area (Å²) in [4.78, 5) is 15.1. The third-order valence-corrected chi connectivity index (χ3v) is 7.37. The Balaban J connectivity index is 1.54. The number of thioether (sulfide) groups is 1. The van der Waals surface area contributed by atoms with Crippen molar-refractivity contribution in [2.24, 2.45) is 0 Å². The highest BCUT2D eigenvalue weighted by Crippen LogP contribution is 2.52. The highest BCUT2D eigenvalue weighted by Gasteiger charge is 2.54. The van der Waals surface area contributed by atoms with Gasteiger partial charge in [-0.15, -0.1) is 6.58 Å². The Morgan fingerprint density at radius 2 is 2.09 bits per heavy atom. The maximum absolute atomic E-state index is 12.6. The van der Waals surface area contributed by atoms with Gasteiger partial charge in [0.15, 0.2) is 0 Å². The molecule has 1 N–H and O–H groups in total. The first-order valence-electron chi connectivity index (χ1n) is 11.6. The summed E-state index contributed by atoms with van der Waals surface area (Å²) in [5.41, 5.74) is 3.71. The molecule has 4 rings (SSSR count). The van der Waals surface area contributed by atoms with Crippen LogP contribution in [0.4, 0.5) is 0 Å². The summed E-state index contributed by atoms with van der Waals surface area (Å²) in [5.74, 6) is 1.41. The third kappa shape index (κ3) is 5.13. The molecule has 0 unspecified atom stereocenters. The molecule has 0 radical (unpaired) electrons. The molecule has 1 aromatic heterocycles. The zero-order valence-corrected chi connectivity index (χ0v) is 20.4. The molecule has 2 heterocycles. The average Bonchev–Trinajstić information content (AvgIpc) is 3.40. The van der Waals surface area contributed by atoms with Crippen LogP contribution in [0.2, 0.25) is 0 Å². The predicted octanol–water partition coefficient (Wildman–Crippen LogP) is 4.82. The van der Waals surface area contributed by atoms with Gasteiger partial charge in [0.05, 0.1) is 30.8 Å². The lowest BCUT2D eigenvalue weighted by atomic mass is 9.71. The Kier molecular flexibility index (Phi) is 7.78. The first-order valence-corrected chi connectivity index (χ1v) is 13.0. The van der Waals surface area contributed by atoms with Crippen molar-refractivity contribution in [3.05, 3.63) is 77.8 Å². The van der Waals surface area contributed by atoms with Gasteiger partial charge in [-0.1, -0.05) is 35.9 Å². The highest BCUT2D eigenvalue weighted by atomic mass is 32.2. The lowest BCUT2D eigenvalue weighted by molar-refractivity contribution is -0.121. The molecular formula is C27H34N2O3S. The van der Waals surface area contributed by atoms with Crippen molar-refractivity contribution < 1.29 is 13.9 Å². The molecule has 5 nitrogen and oxygen atoms in total. The quantitative estimate of drug-likeness (QED) is 0.537. The SMILES string of the molecule is C=CCO[C@H]1[C@H](NC(=O)CSC)c2ccccc2C12CCN(C/C(C)=C/c1ccco1)CC2. The molecule has 2 aromatic rings. The van der Waals surface area contributed by atoms with Gasteiger partial charge in [0.25, 0.3) is 0 Å². The van der Waals surface area contributed by atoms with E-state index in [2.05, 4.69) is 54.1 Å². The van der Waals surface area contributed by atoms with Crippen LogP contribution in [0, 0.1) is 0 Å². The van der Waals surface area contributed by atoms with Crippen molar-refractivity contribution in [1.82, 2.24) is 10.2 Å². The first kappa shape index (κ1) is 23.9. The van der Waals surface area contributed by atoms with E-state index in [9.17, 15) is 4.79 Å². The number of nitrogens with one attached hydrogen (secondary N) is 1. The molecule has 1 aromatic carbocycles. The minimum atomic E-state index is -0.132. The Labute approximate surface area is 201 Å². The van der Waals surface area contributed by atoms with Gasteiger partial charge < -0.3 is 14.5 Å². The molecule has 176 valence electrons. The molecule has 33 heavy (non-hydrogen) atoms. The van der Waals surface area contributed by atoms with E-state index < -0.39 is 0 Å². The molecule has 1 aliphatic carbocycles. The Morgan fingerprint density at radius 3 is 2.79 bits per heavy atom. The van der Waals surface area contributed by atoms with Crippen molar-refractivity contribution in [1.29, 1.82) is 0 Å². The van der Waals surface area contributed by atoms with Gasteiger partial charge in [0, 0.05) is 12.0 Å². The highest BCUT2D eigenvalue weighted by molar-refractivity contribution is 7.99. The van der Waals surface area contributed by atoms with Gasteiger partial charge in [-0.25, -0.2) is 0 Å². The number of benzene rings is 1. The number of likely N-dealkylation sites (tertiary alicyclic amines) is 1. The summed E-state index contributed by atoms with van der Waals surface area (Å²) in [7, 11) is 0. The number of piperidine rings is 1. The number of ether oxygens (including phenoxy) is 1. The number of hydrogen-bond donors (Lipinski definition) is 1. The smallest absolute Gasteiger partial charge is 0.230 e. The zero-order chi connectivity index (χ0) is 23.3. The van der Waals surface area contributed by atoms with Gasteiger partial charge in [-0.2, -0.15) is 11.8 Å². The minimum Gasteiger partial charge on any atom is -0.465 e. The summed E-state index contributed by atoms with van der Waals surface area (Å²) in [6.45, 7) is 9.38. The second-order valence-corrected chi connectivity index (χ2v) is 9.91. The predicted molar refractivity (Wildman–Crippen MR) is 135 cm³/mol. The maximum atomic E-state index is 12.6. The number of fused-ring (bicyclic) bond motifs is 2. The van der Waals surface area contributed by atoms with Gasteiger partial charge in [0.1, 0.15) is 5.76 Å². The standard InChI is InChI=1S/C27H34N2O3S/c1-4-15-32-26-25(28-24(30)19-33-3)22-9-5-6-10-23(22)27(26)11-13-29(14-12-27)18-20(2)17-21-8-7-16-31-21/h4-10,16-17,25-26H,1,11-15,18-19H2,2-3H3,(H,28,30)/b20-17+/t25-,26+/m1/s1. The van der Waals surface area contributed by atoms with Crippen molar-refractivity contribution in [2.75, 3.05) is 38.2 Å². The van der Waals surface area contributed by atoms with E-state index in [1.165, 1.54) is 28.5 Å². The molecule has 1 amide bonds. The number of carbonyl (C=O) groups is 1. The summed E-state index contributed by atoms with van der Waals surface area (Å²) in [5, 5.41) is 3.28. The largest absolute Gasteiger partial charge is 0.465 e. The second-order valence-electron chi connectivity index (χ2n) is 9.05. The van der Waals surface area contributed by atoms with Crippen molar-refractivity contribution in [2.45, 2.75) is 37.3 Å². The molecule has 1 fully saturated rings. The van der Waals surface area contributed by atoms with Gasteiger partial charge in [-0.05, 0) is 68.4 Å². The fourth-order valence-corrected chi connectivity index (χ4v) is 5.81. The number of rotatable bonds is 9.